The molecule has 1 amide bonds. The lowest BCUT2D eigenvalue weighted by molar-refractivity contribution is -0.118. The van der Waals surface area contributed by atoms with E-state index in [2.05, 4.69) is 15.3 Å². The summed E-state index contributed by atoms with van der Waals surface area (Å²) in [6.45, 7) is 0.490. The maximum atomic E-state index is 13.7. The van der Waals surface area contributed by atoms with Gasteiger partial charge in [0.25, 0.3) is 0 Å². The van der Waals surface area contributed by atoms with E-state index in [-0.39, 0.29) is 23.3 Å². The summed E-state index contributed by atoms with van der Waals surface area (Å²) in [4.78, 5) is 19.6. The third kappa shape index (κ3) is 2.42. The predicted molar refractivity (Wildman–Crippen MR) is 84.0 cm³/mol. The van der Waals surface area contributed by atoms with Crippen LogP contribution < -0.4 is 10.1 Å². The van der Waals surface area contributed by atoms with Crippen molar-refractivity contribution in [3.63, 3.8) is 0 Å². The number of nitrogens with zero attached hydrogens (tertiary/aromatic N) is 1. The number of aromatic amines is 1. The molecule has 2 N–H and O–H groups in total. The molecule has 1 aromatic heterocycles. The molecule has 0 spiro atoms. The average molecular weight is 311 g/mol. The second kappa shape index (κ2) is 5.39. The standard InChI is InChI=1S/C17H14FN3O2/c18-12-5-3-6-13-15(12)20-17(19-13)21-16(22)11-8-9-23-14-7-2-1-4-10(11)14/h1-7,11H,8-9H2,(H2,19,20,21,22). The molecule has 6 heteroatoms. The highest BCUT2D eigenvalue weighted by Crippen LogP contribution is 2.34. The topological polar surface area (TPSA) is 67.0 Å². The number of fused-ring (bicyclic) bond motifs is 2. The van der Waals surface area contributed by atoms with Crippen LogP contribution >= 0.6 is 0 Å². The molecule has 4 rings (SSSR count). The molecule has 0 fully saturated rings. The van der Waals surface area contributed by atoms with E-state index in [0.29, 0.717) is 18.5 Å². The number of anilines is 1. The zero-order valence-corrected chi connectivity index (χ0v) is 12.2. The average Bonchev–Trinajstić information content (AvgIpc) is 2.98. The quantitative estimate of drug-likeness (QED) is 0.763. The van der Waals surface area contributed by atoms with Gasteiger partial charge in [-0.15, -0.1) is 0 Å². The van der Waals surface area contributed by atoms with E-state index >= 15 is 0 Å². The highest BCUT2D eigenvalue weighted by Gasteiger charge is 2.28. The number of nitrogens with one attached hydrogen (secondary N) is 2. The third-order valence-electron chi connectivity index (χ3n) is 3.98. The monoisotopic (exact) mass is 311 g/mol. The molecule has 0 saturated heterocycles. The van der Waals surface area contributed by atoms with Gasteiger partial charge in [0.1, 0.15) is 11.3 Å². The van der Waals surface area contributed by atoms with E-state index in [1.165, 1.54) is 6.07 Å². The minimum Gasteiger partial charge on any atom is -0.493 e. The number of imidazole rings is 1. The third-order valence-corrected chi connectivity index (χ3v) is 3.98. The molecule has 0 aliphatic carbocycles. The van der Waals surface area contributed by atoms with Crippen LogP contribution in [0.5, 0.6) is 5.75 Å². The van der Waals surface area contributed by atoms with Crippen molar-refractivity contribution in [1.29, 1.82) is 0 Å². The number of H-pyrrole nitrogens is 1. The highest BCUT2D eigenvalue weighted by atomic mass is 19.1. The number of aromatic nitrogens is 2. The Morgan fingerprint density at radius 3 is 3.00 bits per heavy atom. The summed E-state index contributed by atoms with van der Waals surface area (Å²) in [5.41, 5.74) is 1.63. The SMILES string of the molecule is O=C(Nc1nc2c(F)cccc2[nH]1)C1CCOc2ccccc21. The minimum absolute atomic E-state index is 0.180. The van der Waals surface area contributed by atoms with E-state index in [1.807, 2.05) is 24.3 Å². The van der Waals surface area contributed by atoms with Crippen LogP contribution in [0.1, 0.15) is 17.9 Å². The molecule has 0 saturated carbocycles. The van der Waals surface area contributed by atoms with E-state index in [9.17, 15) is 9.18 Å². The highest BCUT2D eigenvalue weighted by molar-refractivity contribution is 5.96. The lowest BCUT2D eigenvalue weighted by Crippen LogP contribution is -2.26. The normalized spacial score (nSPS) is 16.7. The molecule has 116 valence electrons. The fourth-order valence-electron chi connectivity index (χ4n) is 2.87. The summed E-state index contributed by atoms with van der Waals surface area (Å²) in [7, 11) is 0. The molecule has 0 radical (unpaired) electrons. The summed E-state index contributed by atoms with van der Waals surface area (Å²) in [5.74, 6) is 0.0718. The van der Waals surface area contributed by atoms with Crippen LogP contribution in [-0.2, 0) is 4.79 Å². The lowest BCUT2D eigenvalue weighted by atomic mass is 9.92. The van der Waals surface area contributed by atoms with Crippen molar-refractivity contribution in [2.75, 3.05) is 11.9 Å². The Kier molecular flexibility index (Phi) is 3.22. The Balaban J connectivity index is 1.61. The van der Waals surface area contributed by atoms with Crippen molar-refractivity contribution in [1.82, 2.24) is 9.97 Å². The second-order valence-corrected chi connectivity index (χ2v) is 5.44. The van der Waals surface area contributed by atoms with Crippen molar-refractivity contribution in [3.05, 3.63) is 53.8 Å². The number of benzene rings is 2. The molecule has 1 aliphatic rings. The van der Waals surface area contributed by atoms with Gasteiger partial charge < -0.3 is 9.72 Å². The summed E-state index contributed by atoms with van der Waals surface area (Å²) in [6, 6.07) is 12.1. The van der Waals surface area contributed by atoms with Gasteiger partial charge in [-0.1, -0.05) is 24.3 Å². The van der Waals surface area contributed by atoms with E-state index in [1.54, 1.807) is 12.1 Å². The van der Waals surface area contributed by atoms with Crippen molar-refractivity contribution in [3.8, 4) is 5.75 Å². The Morgan fingerprint density at radius 2 is 2.13 bits per heavy atom. The summed E-state index contributed by atoms with van der Waals surface area (Å²) in [6.07, 6.45) is 0.595. The zero-order chi connectivity index (χ0) is 15.8. The molecule has 1 atom stereocenters. The number of carbonyl (C=O) groups is 1. The number of para-hydroxylation sites is 2. The van der Waals surface area contributed by atoms with Gasteiger partial charge in [0, 0.05) is 5.56 Å². The Labute approximate surface area is 131 Å². The summed E-state index contributed by atoms with van der Waals surface area (Å²) < 4.78 is 19.2. The van der Waals surface area contributed by atoms with Gasteiger partial charge in [-0.3, -0.25) is 10.1 Å². The Bertz CT molecular complexity index is 890. The summed E-state index contributed by atoms with van der Waals surface area (Å²) >= 11 is 0. The smallest absolute Gasteiger partial charge is 0.234 e. The molecule has 3 aromatic rings. The number of hydrogen-bond acceptors (Lipinski definition) is 3. The van der Waals surface area contributed by atoms with Crippen LogP contribution in [0.4, 0.5) is 10.3 Å². The molecule has 23 heavy (non-hydrogen) atoms. The van der Waals surface area contributed by atoms with Gasteiger partial charge in [-0.25, -0.2) is 9.37 Å². The molecule has 5 nitrogen and oxygen atoms in total. The van der Waals surface area contributed by atoms with Crippen LogP contribution in [0.3, 0.4) is 0 Å². The van der Waals surface area contributed by atoms with Gasteiger partial charge in [0.05, 0.1) is 18.0 Å². The van der Waals surface area contributed by atoms with Crippen LogP contribution in [0.15, 0.2) is 42.5 Å². The first-order valence-electron chi connectivity index (χ1n) is 7.39. The van der Waals surface area contributed by atoms with Gasteiger partial charge >= 0.3 is 0 Å². The largest absolute Gasteiger partial charge is 0.493 e. The van der Waals surface area contributed by atoms with Crippen LogP contribution in [0, 0.1) is 5.82 Å². The number of halogens is 1. The molecular formula is C17H14FN3O2. The minimum atomic E-state index is -0.421. The number of carbonyl (C=O) groups excluding carboxylic acids is 1. The van der Waals surface area contributed by atoms with Gasteiger partial charge in [0.2, 0.25) is 11.9 Å². The van der Waals surface area contributed by atoms with E-state index in [4.69, 9.17) is 4.74 Å². The van der Waals surface area contributed by atoms with E-state index in [0.717, 1.165) is 11.3 Å². The van der Waals surface area contributed by atoms with Gasteiger partial charge in [-0.2, -0.15) is 0 Å². The number of amides is 1. The number of rotatable bonds is 2. The Hall–Kier alpha value is -2.89. The van der Waals surface area contributed by atoms with Gasteiger partial charge in [0.15, 0.2) is 5.82 Å². The molecule has 0 bridgehead atoms. The van der Waals surface area contributed by atoms with Crippen molar-refractivity contribution >= 4 is 22.9 Å². The molecule has 2 heterocycles. The summed E-state index contributed by atoms with van der Waals surface area (Å²) in [5, 5.41) is 2.74. The molecular weight excluding hydrogens is 297 g/mol. The molecule has 2 aromatic carbocycles. The molecule has 1 aliphatic heterocycles. The first-order valence-corrected chi connectivity index (χ1v) is 7.39. The van der Waals surface area contributed by atoms with Crippen molar-refractivity contribution < 1.29 is 13.9 Å². The van der Waals surface area contributed by atoms with E-state index < -0.39 is 5.82 Å². The first-order chi connectivity index (χ1) is 11.2. The van der Waals surface area contributed by atoms with Gasteiger partial charge in [-0.05, 0) is 24.6 Å². The maximum Gasteiger partial charge on any atom is 0.234 e. The lowest BCUT2D eigenvalue weighted by Gasteiger charge is -2.24. The van der Waals surface area contributed by atoms with Crippen molar-refractivity contribution in [2.45, 2.75) is 12.3 Å². The predicted octanol–water partition coefficient (Wildman–Crippen LogP) is 3.21. The number of ether oxygens (including phenoxy) is 1. The first kappa shape index (κ1) is 13.8. The number of hydrogen-bond donors (Lipinski definition) is 2. The van der Waals surface area contributed by atoms with Crippen LogP contribution in [0.2, 0.25) is 0 Å². The Morgan fingerprint density at radius 1 is 1.26 bits per heavy atom. The maximum absolute atomic E-state index is 13.7. The van der Waals surface area contributed by atoms with Crippen molar-refractivity contribution in [2.24, 2.45) is 0 Å². The zero-order valence-electron chi connectivity index (χ0n) is 12.2. The van der Waals surface area contributed by atoms with Crippen LogP contribution in [-0.4, -0.2) is 22.5 Å². The molecule has 1 unspecified atom stereocenters. The fourth-order valence-corrected chi connectivity index (χ4v) is 2.87. The second-order valence-electron chi connectivity index (χ2n) is 5.44. The fraction of sp³-hybridized carbons (Fsp3) is 0.176. The van der Waals surface area contributed by atoms with Crippen LogP contribution in [0.25, 0.3) is 11.0 Å².